The molecular weight excluding hydrogens is 182 g/mol. The van der Waals surface area contributed by atoms with Crippen LogP contribution in [0, 0.1) is 23.7 Å². The topological polar surface area (TPSA) is 26.0 Å². The van der Waals surface area contributed by atoms with Crippen LogP contribution < -0.4 is 5.73 Å². The molecule has 1 heteroatoms. The van der Waals surface area contributed by atoms with Gasteiger partial charge >= 0.3 is 0 Å². The van der Waals surface area contributed by atoms with Gasteiger partial charge in [0.1, 0.15) is 0 Å². The molecule has 2 N–H and O–H groups in total. The van der Waals surface area contributed by atoms with Crippen molar-refractivity contribution in [2.24, 2.45) is 29.4 Å². The summed E-state index contributed by atoms with van der Waals surface area (Å²) in [6, 6.07) is 0.512. The second-order valence-corrected chi connectivity index (χ2v) is 6.30. The van der Waals surface area contributed by atoms with Crippen LogP contribution in [0.15, 0.2) is 0 Å². The molecule has 3 atom stereocenters. The normalized spacial score (nSPS) is 40.6. The monoisotopic (exact) mass is 209 g/mol. The maximum atomic E-state index is 6.48. The third kappa shape index (κ3) is 2.75. The Labute approximate surface area is 94.8 Å². The van der Waals surface area contributed by atoms with Crippen LogP contribution in [0.25, 0.3) is 0 Å². The Hall–Kier alpha value is -0.0400. The van der Waals surface area contributed by atoms with Crippen molar-refractivity contribution in [2.45, 2.75) is 64.8 Å². The third-order valence-corrected chi connectivity index (χ3v) is 4.70. The van der Waals surface area contributed by atoms with Crippen LogP contribution in [0.1, 0.15) is 58.8 Å². The highest BCUT2D eigenvalue weighted by Gasteiger charge is 2.33. The molecule has 0 aromatic carbocycles. The van der Waals surface area contributed by atoms with Crippen LogP contribution in [0.5, 0.6) is 0 Å². The number of nitrogens with two attached hydrogens (primary N) is 1. The van der Waals surface area contributed by atoms with Gasteiger partial charge < -0.3 is 5.73 Å². The quantitative estimate of drug-likeness (QED) is 0.739. The van der Waals surface area contributed by atoms with Gasteiger partial charge in [-0.1, -0.05) is 26.7 Å². The van der Waals surface area contributed by atoms with Crippen molar-refractivity contribution in [1.82, 2.24) is 0 Å². The van der Waals surface area contributed by atoms with Gasteiger partial charge in [0.2, 0.25) is 0 Å². The van der Waals surface area contributed by atoms with E-state index in [2.05, 4.69) is 13.8 Å². The largest absolute Gasteiger partial charge is 0.327 e. The van der Waals surface area contributed by atoms with Crippen molar-refractivity contribution < 1.29 is 0 Å². The van der Waals surface area contributed by atoms with E-state index in [0.29, 0.717) is 6.04 Å². The van der Waals surface area contributed by atoms with E-state index in [1.165, 1.54) is 44.9 Å². The van der Waals surface area contributed by atoms with Gasteiger partial charge in [0.05, 0.1) is 0 Å². The van der Waals surface area contributed by atoms with Gasteiger partial charge in [-0.2, -0.15) is 0 Å². The van der Waals surface area contributed by atoms with Crippen LogP contribution in [-0.4, -0.2) is 6.04 Å². The lowest BCUT2D eigenvalue weighted by molar-refractivity contribution is 0.165. The minimum atomic E-state index is 0.512. The van der Waals surface area contributed by atoms with E-state index in [0.717, 1.165) is 23.7 Å². The van der Waals surface area contributed by atoms with E-state index in [1.807, 2.05) is 0 Å². The van der Waals surface area contributed by atoms with Gasteiger partial charge in [-0.3, -0.25) is 0 Å². The first-order valence-corrected chi connectivity index (χ1v) is 6.92. The third-order valence-electron chi connectivity index (χ3n) is 4.70. The highest BCUT2D eigenvalue weighted by molar-refractivity contribution is 4.87. The summed E-state index contributed by atoms with van der Waals surface area (Å²) in [6.07, 6.45) is 9.87. The summed E-state index contributed by atoms with van der Waals surface area (Å²) in [4.78, 5) is 0. The van der Waals surface area contributed by atoms with Crippen molar-refractivity contribution in [1.29, 1.82) is 0 Å². The number of hydrogen-bond donors (Lipinski definition) is 1. The first kappa shape index (κ1) is 11.4. The molecule has 0 amide bonds. The van der Waals surface area contributed by atoms with E-state index in [-0.39, 0.29) is 0 Å². The van der Waals surface area contributed by atoms with E-state index in [9.17, 15) is 0 Å². The molecule has 0 aliphatic heterocycles. The van der Waals surface area contributed by atoms with Gasteiger partial charge in [0.15, 0.2) is 0 Å². The fourth-order valence-corrected chi connectivity index (χ4v) is 4.05. The number of hydrogen-bond acceptors (Lipinski definition) is 1. The lowest BCUT2D eigenvalue weighted by atomic mass is 9.71. The zero-order valence-corrected chi connectivity index (χ0v) is 10.4. The van der Waals surface area contributed by atoms with E-state index < -0.39 is 0 Å². The second kappa shape index (κ2) is 4.86. The summed E-state index contributed by atoms with van der Waals surface area (Å²) < 4.78 is 0. The Morgan fingerprint density at radius 2 is 1.40 bits per heavy atom. The summed E-state index contributed by atoms with van der Waals surface area (Å²) in [5.74, 6) is 3.50. The van der Waals surface area contributed by atoms with Gasteiger partial charge in [0, 0.05) is 6.04 Å². The number of rotatable bonds is 2. The predicted octanol–water partition coefficient (Wildman–Crippen LogP) is 3.58. The van der Waals surface area contributed by atoms with Crippen LogP contribution in [0.4, 0.5) is 0 Å². The average Bonchev–Trinajstić information content (AvgIpc) is 2.67. The van der Waals surface area contributed by atoms with Crippen LogP contribution in [-0.2, 0) is 0 Å². The van der Waals surface area contributed by atoms with Crippen molar-refractivity contribution in [3.8, 4) is 0 Å². The van der Waals surface area contributed by atoms with E-state index in [4.69, 9.17) is 5.73 Å². The zero-order valence-electron chi connectivity index (χ0n) is 10.4. The van der Waals surface area contributed by atoms with Gasteiger partial charge in [0.25, 0.3) is 0 Å². The minimum absolute atomic E-state index is 0.512. The molecule has 0 aromatic heterocycles. The molecule has 2 fully saturated rings. The molecule has 88 valence electrons. The fraction of sp³-hybridized carbons (Fsp3) is 1.00. The molecule has 3 unspecified atom stereocenters. The van der Waals surface area contributed by atoms with Crippen LogP contribution in [0.2, 0.25) is 0 Å². The Morgan fingerprint density at radius 3 is 1.93 bits per heavy atom. The fourth-order valence-electron chi connectivity index (χ4n) is 4.05. The molecule has 0 radical (unpaired) electrons. The Bertz CT molecular complexity index is 186. The van der Waals surface area contributed by atoms with Gasteiger partial charge in [-0.15, -0.1) is 0 Å². The molecule has 0 heterocycles. The molecule has 2 aliphatic carbocycles. The molecule has 0 spiro atoms. The molecule has 2 rings (SSSR count). The first-order chi connectivity index (χ1) is 7.16. The predicted molar refractivity (Wildman–Crippen MR) is 65.6 cm³/mol. The summed E-state index contributed by atoms with van der Waals surface area (Å²) in [5.41, 5.74) is 6.48. The average molecular weight is 209 g/mol. The second-order valence-electron chi connectivity index (χ2n) is 6.30. The Kier molecular flexibility index (Phi) is 3.71. The highest BCUT2D eigenvalue weighted by Crippen LogP contribution is 2.39. The van der Waals surface area contributed by atoms with Crippen LogP contribution >= 0.6 is 0 Å². The summed E-state index contributed by atoms with van der Waals surface area (Å²) in [7, 11) is 0. The molecule has 0 bridgehead atoms. The summed E-state index contributed by atoms with van der Waals surface area (Å²) in [6.45, 7) is 4.81. The Morgan fingerprint density at radius 1 is 0.867 bits per heavy atom. The molecule has 15 heavy (non-hydrogen) atoms. The maximum Gasteiger partial charge on any atom is 0.00958 e. The first-order valence-electron chi connectivity index (χ1n) is 6.92. The molecule has 0 aromatic rings. The molecule has 2 aliphatic rings. The van der Waals surface area contributed by atoms with Crippen molar-refractivity contribution in [3.63, 3.8) is 0 Å². The highest BCUT2D eigenvalue weighted by atomic mass is 14.7. The molecule has 0 saturated heterocycles. The summed E-state index contributed by atoms with van der Waals surface area (Å²) in [5, 5.41) is 0. The molecule has 1 nitrogen and oxygen atoms in total. The van der Waals surface area contributed by atoms with E-state index in [1.54, 1.807) is 0 Å². The minimum Gasteiger partial charge on any atom is -0.327 e. The smallest absolute Gasteiger partial charge is 0.00958 e. The van der Waals surface area contributed by atoms with Crippen molar-refractivity contribution >= 4 is 0 Å². The van der Waals surface area contributed by atoms with Crippen molar-refractivity contribution in [3.05, 3.63) is 0 Å². The molecule has 2 saturated carbocycles. The van der Waals surface area contributed by atoms with Gasteiger partial charge in [-0.05, 0) is 55.8 Å². The van der Waals surface area contributed by atoms with Crippen molar-refractivity contribution in [2.75, 3.05) is 0 Å². The van der Waals surface area contributed by atoms with E-state index >= 15 is 0 Å². The van der Waals surface area contributed by atoms with Crippen LogP contribution in [0.3, 0.4) is 0 Å². The zero-order chi connectivity index (χ0) is 10.8. The lowest BCUT2D eigenvalue weighted by Crippen LogP contribution is -2.40. The SMILES string of the molecule is CC1CC(C)CC(C(N)C2CCCC2)C1. The standard InChI is InChI=1S/C14H27N/c1-10-7-11(2)9-13(8-10)14(15)12-5-3-4-6-12/h10-14H,3-9,15H2,1-2H3. The summed E-state index contributed by atoms with van der Waals surface area (Å²) >= 11 is 0. The van der Waals surface area contributed by atoms with Gasteiger partial charge in [-0.25, -0.2) is 0 Å². The lowest BCUT2D eigenvalue weighted by Gasteiger charge is -2.37. The Balaban J connectivity index is 1.90. The molecular formula is C14H27N. The maximum absolute atomic E-state index is 6.48.